The molecule has 25 heavy (non-hydrogen) atoms. The summed E-state index contributed by atoms with van der Waals surface area (Å²) in [6.07, 6.45) is 6.10. The van der Waals surface area contributed by atoms with E-state index >= 15 is 0 Å². The molecule has 6 heteroatoms. The minimum atomic E-state index is 0.0561. The molecule has 0 aliphatic carbocycles. The summed E-state index contributed by atoms with van der Waals surface area (Å²) < 4.78 is 7.35. The maximum Gasteiger partial charge on any atom is 0.241 e. The van der Waals surface area contributed by atoms with Gasteiger partial charge in [-0.15, -0.1) is 0 Å². The van der Waals surface area contributed by atoms with Crippen molar-refractivity contribution in [2.45, 2.75) is 19.9 Å². The van der Waals surface area contributed by atoms with E-state index < -0.39 is 0 Å². The van der Waals surface area contributed by atoms with Gasteiger partial charge in [0.05, 0.1) is 18.3 Å². The summed E-state index contributed by atoms with van der Waals surface area (Å²) >= 11 is 0. The lowest BCUT2D eigenvalue weighted by Gasteiger charge is -2.12. The maximum atomic E-state index is 12.0. The van der Waals surface area contributed by atoms with Crippen LogP contribution in [0.2, 0.25) is 0 Å². The Hall–Kier alpha value is -2.89. The van der Waals surface area contributed by atoms with Crippen molar-refractivity contribution in [1.82, 2.24) is 19.4 Å². The fourth-order valence-corrected chi connectivity index (χ4v) is 2.87. The van der Waals surface area contributed by atoms with Crippen LogP contribution in [-0.2, 0) is 17.8 Å². The van der Waals surface area contributed by atoms with Crippen LogP contribution in [0.25, 0.3) is 10.9 Å². The highest BCUT2D eigenvalue weighted by Gasteiger charge is 2.14. The molecule has 0 unspecified atom stereocenters. The normalized spacial score (nSPS) is 10.9. The first-order valence-corrected chi connectivity index (χ1v) is 8.12. The number of methoxy groups -OCH3 is 1. The molecule has 130 valence electrons. The molecule has 0 atom stereocenters. The fraction of sp³-hybridized carbons (Fsp3) is 0.316. The van der Waals surface area contributed by atoms with Crippen molar-refractivity contribution in [3.63, 3.8) is 0 Å². The van der Waals surface area contributed by atoms with Crippen molar-refractivity contribution < 1.29 is 9.53 Å². The molecule has 3 rings (SSSR count). The van der Waals surface area contributed by atoms with Crippen molar-refractivity contribution in [1.29, 1.82) is 0 Å². The predicted octanol–water partition coefficient (Wildman–Crippen LogP) is 2.43. The molecule has 0 N–H and O–H groups in total. The lowest BCUT2D eigenvalue weighted by molar-refractivity contribution is -0.129. The molecular formula is C19H22N4O2. The van der Waals surface area contributed by atoms with Crippen LogP contribution in [0.5, 0.6) is 5.88 Å². The van der Waals surface area contributed by atoms with Crippen molar-refractivity contribution in [3.05, 3.63) is 53.6 Å². The van der Waals surface area contributed by atoms with Crippen LogP contribution >= 0.6 is 0 Å². The predicted molar refractivity (Wildman–Crippen MR) is 96.8 cm³/mol. The number of carbonyl (C=O) groups is 1. The molecule has 0 aliphatic rings. The van der Waals surface area contributed by atoms with Gasteiger partial charge in [0.2, 0.25) is 11.8 Å². The van der Waals surface area contributed by atoms with E-state index in [1.807, 2.05) is 35.9 Å². The Labute approximate surface area is 147 Å². The number of likely N-dealkylation sites (N-methyl/N-ethyl adjacent to an activating group) is 1. The topological polar surface area (TPSA) is 60.3 Å². The number of amides is 1. The molecule has 0 aromatic carbocycles. The minimum absolute atomic E-state index is 0.0561. The van der Waals surface area contributed by atoms with E-state index in [-0.39, 0.29) is 5.91 Å². The van der Waals surface area contributed by atoms with Gasteiger partial charge < -0.3 is 14.2 Å². The zero-order valence-electron chi connectivity index (χ0n) is 15.0. The van der Waals surface area contributed by atoms with Gasteiger partial charge in [0.1, 0.15) is 6.54 Å². The molecule has 3 aromatic heterocycles. The number of carbonyl (C=O) groups excluding carboxylic acids is 1. The Bertz CT molecular complexity index is 915. The molecule has 3 aromatic rings. The smallest absolute Gasteiger partial charge is 0.241 e. The number of hydrogen-bond acceptors (Lipinski definition) is 4. The molecule has 0 spiro atoms. The lowest BCUT2D eigenvalue weighted by Crippen LogP contribution is -2.25. The van der Waals surface area contributed by atoms with Crippen LogP contribution in [0, 0.1) is 6.92 Å². The van der Waals surface area contributed by atoms with Gasteiger partial charge in [-0.1, -0.05) is 0 Å². The number of pyridine rings is 2. The average molecular weight is 338 g/mol. The largest absolute Gasteiger partial charge is 0.481 e. The molecule has 3 heterocycles. The quantitative estimate of drug-likeness (QED) is 0.717. The molecule has 1 amide bonds. The van der Waals surface area contributed by atoms with Crippen LogP contribution < -0.4 is 4.74 Å². The number of aryl methyl sites for hydroxylation is 1. The summed E-state index contributed by atoms with van der Waals surface area (Å²) in [4.78, 5) is 22.5. The number of fused-ring (bicyclic) bond motifs is 1. The Morgan fingerprint density at radius 2 is 1.96 bits per heavy atom. The maximum absolute atomic E-state index is 12.0. The van der Waals surface area contributed by atoms with Gasteiger partial charge in [0, 0.05) is 50.1 Å². The first kappa shape index (κ1) is 17.0. The van der Waals surface area contributed by atoms with Crippen LogP contribution in [0.15, 0.2) is 36.8 Å². The monoisotopic (exact) mass is 338 g/mol. The first-order chi connectivity index (χ1) is 12.0. The highest BCUT2D eigenvalue weighted by molar-refractivity contribution is 5.85. The number of ether oxygens (including phenoxy) is 1. The van der Waals surface area contributed by atoms with Gasteiger partial charge >= 0.3 is 0 Å². The molecule has 0 aliphatic heterocycles. The van der Waals surface area contributed by atoms with Crippen molar-refractivity contribution in [3.8, 4) is 5.88 Å². The zero-order valence-corrected chi connectivity index (χ0v) is 15.0. The SMILES string of the molecule is COc1nccc(C)c1Cc1nccc2c1ccn2CC(=O)N(C)C. The molecule has 0 radical (unpaired) electrons. The summed E-state index contributed by atoms with van der Waals surface area (Å²) in [5, 5.41) is 1.04. The van der Waals surface area contributed by atoms with E-state index in [1.165, 1.54) is 0 Å². The number of hydrogen-bond donors (Lipinski definition) is 0. The van der Waals surface area contributed by atoms with E-state index in [9.17, 15) is 4.79 Å². The first-order valence-electron chi connectivity index (χ1n) is 8.12. The second-order valence-corrected chi connectivity index (χ2v) is 6.21. The molecule has 6 nitrogen and oxygen atoms in total. The number of rotatable bonds is 5. The average Bonchev–Trinajstić information content (AvgIpc) is 3.00. The minimum Gasteiger partial charge on any atom is -0.481 e. The third-order valence-corrected chi connectivity index (χ3v) is 4.37. The van der Waals surface area contributed by atoms with E-state index in [0.29, 0.717) is 18.8 Å². The Balaban J connectivity index is 1.99. The third kappa shape index (κ3) is 3.33. The zero-order chi connectivity index (χ0) is 18.0. The van der Waals surface area contributed by atoms with E-state index in [0.717, 1.165) is 27.7 Å². The molecule has 0 saturated heterocycles. The standard InChI is InChI=1S/C19H22N4O2/c1-13-5-8-21-19(25-4)15(13)11-16-14-7-10-23(12-18(24)22(2)3)17(14)6-9-20-16/h5-10H,11-12H2,1-4H3. The van der Waals surface area contributed by atoms with E-state index in [4.69, 9.17) is 4.74 Å². The van der Waals surface area contributed by atoms with Crippen LogP contribution in [-0.4, -0.2) is 46.5 Å². The summed E-state index contributed by atoms with van der Waals surface area (Å²) in [5.74, 6) is 0.682. The number of aromatic nitrogens is 3. The van der Waals surface area contributed by atoms with Gasteiger partial charge in [-0.25, -0.2) is 4.98 Å². The second-order valence-electron chi connectivity index (χ2n) is 6.21. The molecule has 0 saturated carbocycles. The third-order valence-electron chi connectivity index (χ3n) is 4.37. The lowest BCUT2D eigenvalue weighted by atomic mass is 10.0. The van der Waals surface area contributed by atoms with Gasteiger partial charge in [-0.05, 0) is 30.7 Å². The van der Waals surface area contributed by atoms with Crippen molar-refractivity contribution in [2.24, 2.45) is 0 Å². The van der Waals surface area contributed by atoms with Crippen molar-refractivity contribution >= 4 is 16.8 Å². The van der Waals surface area contributed by atoms with Gasteiger partial charge in [-0.3, -0.25) is 9.78 Å². The summed E-state index contributed by atoms with van der Waals surface area (Å²) in [6.45, 7) is 2.36. The number of nitrogens with zero attached hydrogens (tertiary/aromatic N) is 4. The van der Waals surface area contributed by atoms with Gasteiger partial charge in [0.15, 0.2) is 0 Å². The van der Waals surface area contributed by atoms with Gasteiger partial charge in [0.25, 0.3) is 0 Å². The Morgan fingerprint density at radius 3 is 2.68 bits per heavy atom. The molecule has 0 bridgehead atoms. The van der Waals surface area contributed by atoms with E-state index in [1.54, 1.807) is 38.5 Å². The highest BCUT2D eigenvalue weighted by Crippen LogP contribution is 2.26. The Kier molecular flexibility index (Phi) is 4.70. The van der Waals surface area contributed by atoms with Crippen LogP contribution in [0.4, 0.5) is 0 Å². The summed E-state index contributed by atoms with van der Waals surface area (Å²) in [7, 11) is 5.15. The fourth-order valence-electron chi connectivity index (χ4n) is 2.87. The van der Waals surface area contributed by atoms with Crippen LogP contribution in [0.1, 0.15) is 16.8 Å². The molecule has 0 fully saturated rings. The van der Waals surface area contributed by atoms with Gasteiger partial charge in [-0.2, -0.15) is 0 Å². The second kappa shape index (κ2) is 6.93. The summed E-state index contributed by atoms with van der Waals surface area (Å²) in [5.41, 5.74) is 4.10. The highest BCUT2D eigenvalue weighted by atomic mass is 16.5. The molecular weight excluding hydrogens is 316 g/mol. The van der Waals surface area contributed by atoms with Crippen molar-refractivity contribution in [2.75, 3.05) is 21.2 Å². The van der Waals surface area contributed by atoms with Crippen LogP contribution in [0.3, 0.4) is 0 Å². The van der Waals surface area contributed by atoms with E-state index in [2.05, 4.69) is 9.97 Å². The Morgan fingerprint density at radius 1 is 1.20 bits per heavy atom. The summed E-state index contributed by atoms with van der Waals surface area (Å²) in [6, 6.07) is 5.92.